The van der Waals surface area contributed by atoms with E-state index < -0.39 is 15.7 Å². The van der Waals surface area contributed by atoms with Gasteiger partial charge in [0.2, 0.25) is 5.91 Å². The number of primary amides is 1. The molecule has 0 saturated carbocycles. The number of hydrogen-bond donors (Lipinski definition) is 2. The van der Waals surface area contributed by atoms with E-state index in [4.69, 9.17) is 5.73 Å². The Morgan fingerprint density at radius 2 is 2.04 bits per heavy atom. The number of hydrogen-bond acceptors (Lipinski definition) is 4. The lowest BCUT2D eigenvalue weighted by Gasteiger charge is -2.31. The van der Waals surface area contributed by atoms with Gasteiger partial charge < -0.3 is 16.0 Å². The van der Waals surface area contributed by atoms with Crippen LogP contribution in [0, 0.1) is 12.8 Å². The molecule has 1 aromatic carbocycles. The van der Waals surface area contributed by atoms with Crippen molar-refractivity contribution in [3.8, 4) is 0 Å². The SMILES string of the molecule is Cc1cc(NC(=O)N2CCCC(C(N)=O)C2)ccc1S(C)(=O)=O. The molecular weight excluding hydrogens is 318 g/mol. The summed E-state index contributed by atoms with van der Waals surface area (Å²) in [7, 11) is -3.29. The molecule has 7 nitrogen and oxygen atoms in total. The smallest absolute Gasteiger partial charge is 0.321 e. The Morgan fingerprint density at radius 3 is 2.61 bits per heavy atom. The number of carbonyl (C=O) groups is 2. The molecule has 23 heavy (non-hydrogen) atoms. The molecule has 1 saturated heterocycles. The summed E-state index contributed by atoms with van der Waals surface area (Å²) in [6.07, 6.45) is 2.57. The first kappa shape index (κ1) is 17.3. The van der Waals surface area contributed by atoms with Crippen LogP contribution in [-0.2, 0) is 14.6 Å². The van der Waals surface area contributed by atoms with Crippen LogP contribution in [0.3, 0.4) is 0 Å². The van der Waals surface area contributed by atoms with Crippen molar-refractivity contribution in [2.75, 3.05) is 24.7 Å². The number of sulfone groups is 1. The summed E-state index contributed by atoms with van der Waals surface area (Å²) in [5.41, 5.74) is 6.39. The molecule has 0 aliphatic carbocycles. The van der Waals surface area contributed by atoms with Gasteiger partial charge in [0.25, 0.3) is 0 Å². The third-order valence-electron chi connectivity index (χ3n) is 3.94. The summed E-state index contributed by atoms with van der Waals surface area (Å²) in [5.74, 6) is -0.709. The molecular formula is C15H21N3O4S. The van der Waals surface area contributed by atoms with Gasteiger partial charge in [-0.05, 0) is 43.5 Å². The predicted molar refractivity (Wildman–Crippen MR) is 86.8 cm³/mol. The Morgan fingerprint density at radius 1 is 1.35 bits per heavy atom. The number of piperidine rings is 1. The fraction of sp³-hybridized carbons (Fsp3) is 0.467. The molecule has 1 heterocycles. The zero-order valence-corrected chi connectivity index (χ0v) is 14.0. The van der Waals surface area contributed by atoms with E-state index in [1.54, 1.807) is 24.0 Å². The minimum absolute atomic E-state index is 0.238. The van der Waals surface area contributed by atoms with E-state index in [1.165, 1.54) is 6.07 Å². The molecule has 1 aromatic rings. The van der Waals surface area contributed by atoms with Crippen molar-refractivity contribution in [2.24, 2.45) is 11.7 Å². The highest BCUT2D eigenvalue weighted by atomic mass is 32.2. The number of rotatable bonds is 3. The van der Waals surface area contributed by atoms with Crippen LogP contribution in [0.15, 0.2) is 23.1 Å². The topological polar surface area (TPSA) is 110 Å². The Bertz CT molecular complexity index is 730. The lowest BCUT2D eigenvalue weighted by atomic mass is 9.98. The summed E-state index contributed by atoms with van der Waals surface area (Å²) in [6, 6.07) is 4.32. The minimum atomic E-state index is -3.29. The van der Waals surface area contributed by atoms with E-state index in [9.17, 15) is 18.0 Å². The highest BCUT2D eigenvalue weighted by Gasteiger charge is 2.27. The fourth-order valence-electron chi connectivity index (χ4n) is 2.74. The monoisotopic (exact) mass is 339 g/mol. The molecule has 0 radical (unpaired) electrons. The van der Waals surface area contributed by atoms with Crippen molar-refractivity contribution >= 4 is 27.5 Å². The molecule has 0 aromatic heterocycles. The summed E-state index contributed by atoms with van der Waals surface area (Å²) >= 11 is 0. The lowest BCUT2D eigenvalue weighted by Crippen LogP contribution is -2.45. The average Bonchev–Trinajstić information content (AvgIpc) is 2.46. The predicted octanol–water partition coefficient (Wildman–Crippen LogP) is 1.13. The molecule has 1 aliphatic rings. The number of carbonyl (C=O) groups excluding carboxylic acids is 2. The zero-order valence-electron chi connectivity index (χ0n) is 13.2. The van der Waals surface area contributed by atoms with Crippen molar-refractivity contribution < 1.29 is 18.0 Å². The second-order valence-corrected chi connectivity index (χ2v) is 7.85. The highest BCUT2D eigenvalue weighted by molar-refractivity contribution is 7.90. The number of nitrogens with two attached hydrogens (primary N) is 1. The summed E-state index contributed by atoms with van der Waals surface area (Å²) in [6.45, 7) is 2.55. The normalized spacial score (nSPS) is 18.5. The Kier molecular flexibility index (Phi) is 4.93. The van der Waals surface area contributed by atoms with Crippen LogP contribution in [0.4, 0.5) is 10.5 Å². The first-order valence-electron chi connectivity index (χ1n) is 7.34. The third-order valence-corrected chi connectivity index (χ3v) is 5.19. The molecule has 3 amide bonds. The lowest BCUT2D eigenvalue weighted by molar-refractivity contribution is -0.123. The molecule has 2 rings (SSSR count). The molecule has 1 aliphatic heterocycles. The van der Waals surface area contributed by atoms with Gasteiger partial charge in [-0.3, -0.25) is 4.79 Å². The molecule has 126 valence electrons. The van der Waals surface area contributed by atoms with Gasteiger partial charge in [-0.15, -0.1) is 0 Å². The maximum absolute atomic E-state index is 12.3. The second kappa shape index (κ2) is 6.57. The van der Waals surface area contributed by atoms with Crippen LogP contribution in [0.25, 0.3) is 0 Å². The Labute approximate surface area is 135 Å². The number of urea groups is 1. The van der Waals surface area contributed by atoms with Crippen molar-refractivity contribution in [3.05, 3.63) is 23.8 Å². The molecule has 3 N–H and O–H groups in total. The largest absolute Gasteiger partial charge is 0.369 e. The number of benzene rings is 1. The molecule has 1 fully saturated rings. The first-order chi connectivity index (χ1) is 10.7. The number of anilines is 1. The zero-order chi connectivity index (χ0) is 17.2. The first-order valence-corrected chi connectivity index (χ1v) is 9.23. The third kappa shape index (κ3) is 4.22. The number of amides is 3. The molecule has 8 heteroatoms. The summed E-state index contributed by atoms with van der Waals surface area (Å²) in [5, 5.41) is 2.73. The van der Waals surface area contributed by atoms with Crippen LogP contribution < -0.4 is 11.1 Å². The molecule has 1 atom stereocenters. The van der Waals surface area contributed by atoms with Crippen LogP contribution in [0.1, 0.15) is 18.4 Å². The van der Waals surface area contributed by atoms with Crippen LogP contribution in [0.5, 0.6) is 0 Å². The van der Waals surface area contributed by atoms with E-state index >= 15 is 0 Å². The van der Waals surface area contributed by atoms with Gasteiger partial charge in [-0.1, -0.05) is 0 Å². The fourth-order valence-corrected chi connectivity index (χ4v) is 3.70. The van der Waals surface area contributed by atoms with E-state index in [0.717, 1.165) is 12.7 Å². The molecule has 0 spiro atoms. The minimum Gasteiger partial charge on any atom is -0.369 e. The number of nitrogens with zero attached hydrogens (tertiary/aromatic N) is 1. The van der Waals surface area contributed by atoms with Crippen molar-refractivity contribution in [1.29, 1.82) is 0 Å². The van der Waals surface area contributed by atoms with Gasteiger partial charge in [-0.2, -0.15) is 0 Å². The van der Waals surface area contributed by atoms with E-state index in [-0.39, 0.29) is 16.8 Å². The molecule has 1 unspecified atom stereocenters. The van der Waals surface area contributed by atoms with Gasteiger partial charge in [0.15, 0.2) is 9.84 Å². The summed E-state index contributed by atoms with van der Waals surface area (Å²) < 4.78 is 23.2. The Hall–Kier alpha value is -2.09. The molecule has 0 bridgehead atoms. The quantitative estimate of drug-likeness (QED) is 0.860. The van der Waals surface area contributed by atoms with Gasteiger partial charge in [0.1, 0.15) is 0 Å². The van der Waals surface area contributed by atoms with Crippen molar-refractivity contribution in [2.45, 2.75) is 24.7 Å². The number of likely N-dealkylation sites (tertiary alicyclic amines) is 1. The van der Waals surface area contributed by atoms with Crippen LogP contribution >= 0.6 is 0 Å². The van der Waals surface area contributed by atoms with Gasteiger partial charge in [0, 0.05) is 25.0 Å². The van der Waals surface area contributed by atoms with Gasteiger partial charge >= 0.3 is 6.03 Å². The van der Waals surface area contributed by atoms with Crippen LogP contribution in [-0.4, -0.2) is 44.6 Å². The van der Waals surface area contributed by atoms with Gasteiger partial charge in [0.05, 0.1) is 10.8 Å². The van der Waals surface area contributed by atoms with E-state index in [2.05, 4.69) is 5.32 Å². The Balaban J connectivity index is 2.08. The van der Waals surface area contributed by atoms with Crippen molar-refractivity contribution in [3.63, 3.8) is 0 Å². The average molecular weight is 339 g/mol. The van der Waals surface area contributed by atoms with E-state index in [1.807, 2.05) is 0 Å². The van der Waals surface area contributed by atoms with Gasteiger partial charge in [-0.25, -0.2) is 13.2 Å². The number of nitrogens with one attached hydrogen (secondary N) is 1. The summed E-state index contributed by atoms with van der Waals surface area (Å²) in [4.78, 5) is 25.3. The van der Waals surface area contributed by atoms with Crippen LogP contribution in [0.2, 0.25) is 0 Å². The maximum Gasteiger partial charge on any atom is 0.321 e. The highest BCUT2D eigenvalue weighted by Crippen LogP contribution is 2.21. The second-order valence-electron chi connectivity index (χ2n) is 5.87. The van der Waals surface area contributed by atoms with E-state index in [0.29, 0.717) is 30.8 Å². The maximum atomic E-state index is 12.3. The standard InChI is InChI=1S/C15H21N3O4S/c1-10-8-12(5-6-13(10)23(2,21)22)17-15(20)18-7-3-4-11(9-18)14(16)19/h5-6,8,11H,3-4,7,9H2,1-2H3,(H2,16,19)(H,17,20). The number of aryl methyl sites for hydroxylation is 1. The van der Waals surface area contributed by atoms with Crippen molar-refractivity contribution in [1.82, 2.24) is 4.90 Å².